The Kier molecular flexibility index (Phi) is 7.24. The van der Waals surface area contributed by atoms with Gasteiger partial charge in [-0.15, -0.1) is 0 Å². The van der Waals surface area contributed by atoms with Crippen molar-refractivity contribution in [2.45, 2.75) is 25.2 Å². The monoisotopic (exact) mass is 459 g/mol. The van der Waals surface area contributed by atoms with E-state index in [4.69, 9.17) is 12.2 Å². The average molecular weight is 460 g/mol. The van der Waals surface area contributed by atoms with Gasteiger partial charge in [-0.05, 0) is 50.4 Å². The van der Waals surface area contributed by atoms with Crippen LogP contribution in [0.15, 0.2) is 51.9 Å². The van der Waals surface area contributed by atoms with Crippen molar-refractivity contribution < 1.29 is 14.1 Å². The maximum atomic E-state index is 12.9. The first-order chi connectivity index (χ1) is 14.7. The minimum Gasteiger partial charge on any atom is -0.335 e. The fourth-order valence-electron chi connectivity index (χ4n) is 3.67. The van der Waals surface area contributed by atoms with Gasteiger partial charge >= 0.3 is 0 Å². The lowest BCUT2D eigenvalue weighted by Crippen LogP contribution is -2.55. The molecule has 2 aliphatic heterocycles. The molecule has 0 radical (unpaired) electrons. The molecule has 1 fully saturated rings. The van der Waals surface area contributed by atoms with E-state index in [1.54, 1.807) is 17.8 Å². The minimum atomic E-state index is -0.323. The van der Waals surface area contributed by atoms with Gasteiger partial charge < -0.3 is 9.38 Å². The number of fused-ring (bicyclic) bond motifs is 1. The first kappa shape index (κ1) is 23.5. The van der Waals surface area contributed by atoms with Gasteiger partial charge in [-0.25, -0.2) is 0 Å². The van der Waals surface area contributed by atoms with E-state index in [2.05, 4.69) is 38.2 Å². The van der Waals surface area contributed by atoms with E-state index in [9.17, 15) is 9.59 Å². The van der Waals surface area contributed by atoms with Crippen LogP contribution in [0.3, 0.4) is 0 Å². The highest BCUT2D eigenvalue weighted by Crippen LogP contribution is 2.45. The number of hydrogen-bond acceptors (Lipinski definition) is 5. The van der Waals surface area contributed by atoms with Crippen LogP contribution in [0.5, 0.6) is 0 Å². The first-order valence-corrected chi connectivity index (χ1v) is 11.8. The fraction of sp³-hybridized carbons (Fsp3) is 0.435. The molecule has 1 saturated heterocycles. The summed E-state index contributed by atoms with van der Waals surface area (Å²) in [5.74, 6) is -0.646. The lowest BCUT2D eigenvalue weighted by atomic mass is 10.1. The van der Waals surface area contributed by atoms with E-state index in [-0.39, 0.29) is 22.5 Å². The van der Waals surface area contributed by atoms with Crippen molar-refractivity contribution in [1.29, 1.82) is 0 Å². The number of hydrogen-bond donors (Lipinski definition) is 0. The molecule has 0 N–H and O–H groups in total. The van der Waals surface area contributed by atoms with E-state index in [1.165, 1.54) is 20.4 Å². The number of para-hydroxylation sites is 1. The zero-order chi connectivity index (χ0) is 22.8. The summed E-state index contributed by atoms with van der Waals surface area (Å²) >= 11 is 7.01. The summed E-state index contributed by atoms with van der Waals surface area (Å²) in [6, 6.07) is 8.30. The molecule has 0 unspecified atom stereocenters. The van der Waals surface area contributed by atoms with Crippen LogP contribution in [0.2, 0.25) is 0 Å². The normalized spacial score (nSPS) is 18.4. The number of quaternary nitrogens is 1. The molecular weight excluding hydrogens is 428 g/mol. The van der Waals surface area contributed by atoms with Gasteiger partial charge in [0.15, 0.2) is 5.11 Å². The van der Waals surface area contributed by atoms with E-state index in [1.807, 2.05) is 32.1 Å². The van der Waals surface area contributed by atoms with E-state index >= 15 is 0 Å². The van der Waals surface area contributed by atoms with E-state index in [0.29, 0.717) is 13.1 Å². The van der Waals surface area contributed by atoms with Crippen LogP contribution in [0.1, 0.15) is 20.3 Å². The third-order valence-electron chi connectivity index (χ3n) is 5.29. The van der Waals surface area contributed by atoms with Gasteiger partial charge in [0.05, 0.1) is 38.4 Å². The molecule has 2 aliphatic rings. The quantitative estimate of drug-likeness (QED) is 0.270. The molecule has 1 aromatic carbocycles. The molecule has 0 spiro atoms. The minimum absolute atomic E-state index is 0.160. The number of carbonyl (C=O) groups excluding carboxylic acids is 2. The molecule has 8 heteroatoms. The highest BCUT2D eigenvalue weighted by Gasteiger charge is 2.37. The number of thiocarbonyl (C=S) groups is 1. The molecule has 1 aromatic rings. The van der Waals surface area contributed by atoms with Gasteiger partial charge in [0.1, 0.15) is 5.57 Å². The van der Waals surface area contributed by atoms with Crippen LogP contribution in [-0.2, 0) is 9.59 Å². The molecular formula is C23H31N4O2S2+. The predicted molar refractivity (Wildman–Crippen MR) is 131 cm³/mol. The summed E-state index contributed by atoms with van der Waals surface area (Å²) in [4.78, 5) is 32.2. The molecule has 6 nitrogen and oxygen atoms in total. The number of rotatable bonds is 7. The molecule has 0 bridgehead atoms. The molecule has 0 atom stereocenters. The van der Waals surface area contributed by atoms with Gasteiger partial charge in [-0.3, -0.25) is 19.4 Å². The summed E-state index contributed by atoms with van der Waals surface area (Å²) in [7, 11) is 6.58. The highest BCUT2D eigenvalue weighted by atomic mass is 32.2. The number of thioether (sulfide) groups is 1. The van der Waals surface area contributed by atoms with Crippen molar-refractivity contribution in [3.05, 3.63) is 47.0 Å². The molecule has 3 rings (SSSR count). The van der Waals surface area contributed by atoms with Crippen LogP contribution in [-0.4, -0.2) is 78.5 Å². The van der Waals surface area contributed by atoms with Gasteiger partial charge in [0.25, 0.3) is 11.8 Å². The third kappa shape index (κ3) is 5.02. The summed E-state index contributed by atoms with van der Waals surface area (Å²) in [5, 5.41) is 1.31. The van der Waals surface area contributed by atoms with Crippen molar-refractivity contribution in [2.24, 2.45) is 0 Å². The Bertz CT molecular complexity index is 921. The summed E-state index contributed by atoms with van der Waals surface area (Å²) < 4.78 is 0.911. The number of allylic oxidation sites excluding steroid dienone is 2. The lowest BCUT2D eigenvalue weighted by Gasteiger charge is -2.35. The zero-order valence-electron chi connectivity index (χ0n) is 18.9. The van der Waals surface area contributed by atoms with Crippen molar-refractivity contribution >= 4 is 46.6 Å². The molecule has 0 aromatic heterocycles. The average Bonchev–Trinajstić information content (AvgIpc) is 3.05. The van der Waals surface area contributed by atoms with Crippen LogP contribution < -0.4 is 4.90 Å². The largest absolute Gasteiger partial charge is 0.335 e. The van der Waals surface area contributed by atoms with Crippen LogP contribution >= 0.6 is 24.0 Å². The van der Waals surface area contributed by atoms with Crippen molar-refractivity contribution in [3.63, 3.8) is 0 Å². The van der Waals surface area contributed by atoms with Gasteiger partial charge in [-0.2, -0.15) is 0 Å². The Morgan fingerprint density at radius 3 is 2.16 bits per heavy atom. The van der Waals surface area contributed by atoms with Crippen LogP contribution in [0, 0.1) is 0 Å². The Labute approximate surface area is 194 Å². The molecule has 2 heterocycles. The standard InChI is InChI=1S/C23H31N4O2S2/c1-6-24-21(28)17(22(29)25(7-2)23(24)30)13-14-20-26(15-10-16-27(3,4)5)18-11-8-9-12-19(18)31-20/h8-9,11-14H,6-7,10,15-16H2,1-5H3/q+1. The number of benzene rings is 1. The first-order valence-electron chi connectivity index (χ1n) is 10.6. The summed E-state index contributed by atoms with van der Waals surface area (Å²) in [6.45, 7) is 6.54. The van der Waals surface area contributed by atoms with Crippen molar-refractivity contribution in [2.75, 3.05) is 52.2 Å². The topological polar surface area (TPSA) is 43.9 Å². The van der Waals surface area contributed by atoms with Crippen molar-refractivity contribution in [1.82, 2.24) is 9.80 Å². The van der Waals surface area contributed by atoms with Gasteiger partial charge in [-0.1, -0.05) is 23.9 Å². The number of nitrogens with zero attached hydrogens (tertiary/aromatic N) is 4. The second-order valence-electron chi connectivity index (χ2n) is 8.56. The number of likely N-dealkylation sites (N-methyl/N-ethyl adjacent to an activating group) is 2. The van der Waals surface area contributed by atoms with E-state index < -0.39 is 0 Å². The Hall–Kier alpha value is -2.16. The van der Waals surface area contributed by atoms with E-state index in [0.717, 1.165) is 29.0 Å². The van der Waals surface area contributed by atoms with Crippen molar-refractivity contribution in [3.8, 4) is 0 Å². The van der Waals surface area contributed by atoms with Crippen LogP contribution in [0.25, 0.3) is 0 Å². The zero-order valence-corrected chi connectivity index (χ0v) is 20.6. The maximum Gasteiger partial charge on any atom is 0.265 e. The second kappa shape index (κ2) is 9.54. The van der Waals surface area contributed by atoms with Crippen LogP contribution in [0.4, 0.5) is 5.69 Å². The Balaban J connectivity index is 1.91. The summed E-state index contributed by atoms with van der Waals surface area (Å²) in [5.41, 5.74) is 1.33. The number of carbonyl (C=O) groups is 2. The van der Waals surface area contributed by atoms with Gasteiger partial charge in [0.2, 0.25) is 0 Å². The molecule has 166 valence electrons. The lowest BCUT2D eigenvalue weighted by molar-refractivity contribution is -0.870. The Morgan fingerprint density at radius 1 is 0.968 bits per heavy atom. The second-order valence-corrected chi connectivity index (χ2v) is 9.98. The molecule has 31 heavy (non-hydrogen) atoms. The summed E-state index contributed by atoms with van der Waals surface area (Å²) in [6.07, 6.45) is 4.60. The SMILES string of the molecule is CCN1C(=O)C(=CC=C2Sc3ccccc3N2CCC[N+](C)(C)C)C(=O)N(CC)C1=S. The predicted octanol–water partition coefficient (Wildman–Crippen LogP) is 3.46. The molecule has 0 aliphatic carbocycles. The fourth-order valence-corrected chi connectivity index (χ4v) is 5.18. The molecule has 0 saturated carbocycles. The van der Waals surface area contributed by atoms with Gasteiger partial charge in [0, 0.05) is 31.0 Å². The number of anilines is 1. The maximum absolute atomic E-state index is 12.9. The molecule has 2 amide bonds. The smallest absolute Gasteiger partial charge is 0.265 e. The Morgan fingerprint density at radius 2 is 1.58 bits per heavy atom. The number of amides is 2. The highest BCUT2D eigenvalue weighted by molar-refractivity contribution is 8.03. The third-order valence-corrected chi connectivity index (χ3v) is 6.86.